The summed E-state index contributed by atoms with van der Waals surface area (Å²) in [6, 6.07) is 19.5. The van der Waals surface area contributed by atoms with Gasteiger partial charge in [0.15, 0.2) is 5.96 Å². The van der Waals surface area contributed by atoms with E-state index in [-0.39, 0.29) is 29.9 Å². The summed E-state index contributed by atoms with van der Waals surface area (Å²) in [7, 11) is 1.82. The number of anilines is 1. The van der Waals surface area contributed by atoms with E-state index in [4.69, 9.17) is 0 Å². The number of nitrogens with one attached hydrogen (secondary N) is 2. The fraction of sp³-hybridized carbons (Fsp3) is 0.440. The summed E-state index contributed by atoms with van der Waals surface area (Å²) in [6.45, 7) is 4.36. The zero-order valence-corrected chi connectivity index (χ0v) is 21.1. The van der Waals surface area contributed by atoms with Gasteiger partial charge in [-0.05, 0) is 42.5 Å². The molecule has 0 aliphatic carbocycles. The van der Waals surface area contributed by atoms with Crippen LogP contribution in [-0.4, -0.2) is 49.5 Å². The number of nitrogens with zero attached hydrogens (tertiary/aromatic N) is 3. The Morgan fingerprint density at radius 3 is 2.62 bits per heavy atom. The molecule has 2 heterocycles. The number of carbonyl (C=O) groups excluding carboxylic acids is 1. The van der Waals surface area contributed by atoms with Crippen molar-refractivity contribution in [2.75, 3.05) is 31.6 Å². The molecule has 1 atom stereocenters. The first kappa shape index (κ1) is 24.4. The summed E-state index contributed by atoms with van der Waals surface area (Å²) in [5.41, 5.74) is 3.66. The van der Waals surface area contributed by atoms with Crippen molar-refractivity contribution in [3.8, 4) is 0 Å². The molecule has 2 aromatic carbocycles. The first-order valence-electron chi connectivity index (χ1n) is 11.3. The molecule has 0 aromatic heterocycles. The molecule has 32 heavy (non-hydrogen) atoms. The number of aliphatic imine (C=N–C) groups is 1. The smallest absolute Gasteiger partial charge is 0.222 e. The third-order valence-corrected chi connectivity index (χ3v) is 6.10. The Bertz CT molecular complexity index is 904. The first-order valence-corrected chi connectivity index (χ1v) is 11.3. The summed E-state index contributed by atoms with van der Waals surface area (Å²) in [4.78, 5) is 20.7. The molecule has 2 aliphatic rings. The largest absolute Gasteiger partial charge is 0.369 e. The van der Waals surface area contributed by atoms with Crippen molar-refractivity contribution in [3.05, 3.63) is 65.7 Å². The second-order valence-corrected chi connectivity index (χ2v) is 8.43. The second-order valence-electron chi connectivity index (χ2n) is 8.43. The number of hydrogen-bond acceptors (Lipinski definition) is 3. The van der Waals surface area contributed by atoms with Crippen LogP contribution in [-0.2, 0) is 17.9 Å². The van der Waals surface area contributed by atoms with Crippen LogP contribution in [0.3, 0.4) is 0 Å². The second kappa shape index (κ2) is 12.1. The number of piperidine rings is 1. The number of benzene rings is 2. The summed E-state index contributed by atoms with van der Waals surface area (Å²) in [5.74, 6) is 1.10. The summed E-state index contributed by atoms with van der Waals surface area (Å²) in [5, 5.41) is 7.06. The van der Waals surface area contributed by atoms with Gasteiger partial charge in [-0.3, -0.25) is 9.79 Å². The van der Waals surface area contributed by atoms with Crippen LogP contribution >= 0.6 is 24.0 Å². The van der Waals surface area contributed by atoms with Crippen LogP contribution in [0.15, 0.2) is 59.6 Å². The average Bonchev–Trinajstić information content (AvgIpc) is 3.22. The molecular weight excluding hydrogens is 513 g/mol. The lowest BCUT2D eigenvalue weighted by atomic mass is 10.0. The third-order valence-electron chi connectivity index (χ3n) is 6.10. The number of halogens is 1. The van der Waals surface area contributed by atoms with Crippen molar-refractivity contribution < 1.29 is 4.79 Å². The van der Waals surface area contributed by atoms with Crippen LogP contribution in [0.2, 0.25) is 0 Å². The molecule has 2 fully saturated rings. The van der Waals surface area contributed by atoms with E-state index in [1.807, 2.05) is 11.9 Å². The molecule has 1 amide bonds. The molecule has 0 spiro atoms. The molecule has 0 saturated carbocycles. The average molecular weight is 547 g/mol. The van der Waals surface area contributed by atoms with Crippen LogP contribution in [0.1, 0.15) is 36.8 Å². The SMILES string of the molecule is CN=C(NCc1cccc(CN2CCCC2=O)c1)NC1CCCN(c2ccccc2)C1.I. The van der Waals surface area contributed by atoms with Crippen LogP contribution in [0.4, 0.5) is 5.69 Å². The van der Waals surface area contributed by atoms with Gasteiger partial charge >= 0.3 is 0 Å². The molecule has 2 aromatic rings. The van der Waals surface area contributed by atoms with Gasteiger partial charge in [-0.1, -0.05) is 42.5 Å². The van der Waals surface area contributed by atoms with Crippen molar-refractivity contribution >= 4 is 41.5 Å². The number of carbonyl (C=O) groups is 1. The van der Waals surface area contributed by atoms with E-state index in [0.717, 1.165) is 38.4 Å². The van der Waals surface area contributed by atoms with Gasteiger partial charge in [-0.25, -0.2) is 0 Å². The molecule has 1 unspecified atom stereocenters. The monoisotopic (exact) mass is 547 g/mol. The predicted molar refractivity (Wildman–Crippen MR) is 142 cm³/mol. The third kappa shape index (κ3) is 6.60. The van der Waals surface area contributed by atoms with E-state index in [2.05, 4.69) is 75.1 Å². The maximum atomic E-state index is 11.9. The summed E-state index contributed by atoms with van der Waals surface area (Å²) >= 11 is 0. The van der Waals surface area contributed by atoms with Crippen LogP contribution in [0, 0.1) is 0 Å². The minimum atomic E-state index is 0. The van der Waals surface area contributed by atoms with Crippen molar-refractivity contribution in [1.82, 2.24) is 15.5 Å². The van der Waals surface area contributed by atoms with Gasteiger partial charge in [0.1, 0.15) is 0 Å². The van der Waals surface area contributed by atoms with E-state index < -0.39 is 0 Å². The van der Waals surface area contributed by atoms with Crippen LogP contribution < -0.4 is 15.5 Å². The van der Waals surface area contributed by atoms with Crippen molar-refractivity contribution in [1.29, 1.82) is 0 Å². The molecular formula is C25H34IN5O. The highest BCUT2D eigenvalue weighted by atomic mass is 127. The van der Waals surface area contributed by atoms with E-state index in [1.165, 1.54) is 23.2 Å². The van der Waals surface area contributed by atoms with Gasteiger partial charge in [0, 0.05) is 57.9 Å². The Hall–Kier alpha value is -2.29. The lowest BCUT2D eigenvalue weighted by molar-refractivity contribution is -0.128. The maximum absolute atomic E-state index is 11.9. The number of likely N-dealkylation sites (tertiary alicyclic amines) is 1. The van der Waals surface area contributed by atoms with Gasteiger partial charge in [-0.2, -0.15) is 0 Å². The highest BCUT2D eigenvalue weighted by Gasteiger charge is 2.21. The Labute approximate surface area is 208 Å². The number of amides is 1. The Morgan fingerprint density at radius 2 is 1.88 bits per heavy atom. The number of rotatable bonds is 6. The quantitative estimate of drug-likeness (QED) is 0.329. The van der Waals surface area contributed by atoms with Gasteiger partial charge in [0.05, 0.1) is 0 Å². The van der Waals surface area contributed by atoms with Gasteiger partial charge in [0.2, 0.25) is 5.91 Å². The molecule has 2 aliphatic heterocycles. The minimum absolute atomic E-state index is 0. The van der Waals surface area contributed by atoms with E-state index in [9.17, 15) is 4.79 Å². The lowest BCUT2D eigenvalue weighted by Crippen LogP contribution is -2.51. The fourth-order valence-electron chi connectivity index (χ4n) is 4.47. The zero-order chi connectivity index (χ0) is 21.5. The summed E-state index contributed by atoms with van der Waals surface area (Å²) < 4.78 is 0. The molecule has 4 rings (SSSR count). The highest BCUT2D eigenvalue weighted by Crippen LogP contribution is 2.19. The maximum Gasteiger partial charge on any atom is 0.222 e. The first-order chi connectivity index (χ1) is 15.2. The van der Waals surface area contributed by atoms with Gasteiger partial charge in [0.25, 0.3) is 0 Å². The van der Waals surface area contributed by atoms with E-state index in [1.54, 1.807) is 0 Å². The molecule has 7 heteroatoms. The predicted octanol–water partition coefficient (Wildman–Crippen LogP) is 3.76. The highest BCUT2D eigenvalue weighted by molar-refractivity contribution is 14.0. The van der Waals surface area contributed by atoms with Crippen molar-refractivity contribution in [2.45, 2.75) is 44.8 Å². The molecule has 2 saturated heterocycles. The van der Waals surface area contributed by atoms with E-state index in [0.29, 0.717) is 25.6 Å². The zero-order valence-electron chi connectivity index (χ0n) is 18.8. The fourth-order valence-corrected chi connectivity index (χ4v) is 4.47. The van der Waals surface area contributed by atoms with Gasteiger partial charge in [-0.15, -0.1) is 24.0 Å². The number of hydrogen-bond donors (Lipinski definition) is 2. The number of para-hydroxylation sites is 1. The van der Waals surface area contributed by atoms with Crippen LogP contribution in [0.25, 0.3) is 0 Å². The van der Waals surface area contributed by atoms with Gasteiger partial charge < -0.3 is 20.4 Å². The van der Waals surface area contributed by atoms with Crippen molar-refractivity contribution in [3.63, 3.8) is 0 Å². The normalized spacial score (nSPS) is 19.0. The minimum Gasteiger partial charge on any atom is -0.369 e. The Morgan fingerprint density at radius 1 is 1.06 bits per heavy atom. The molecule has 172 valence electrons. The Balaban J connectivity index is 0.00000289. The molecule has 0 radical (unpaired) electrons. The lowest BCUT2D eigenvalue weighted by Gasteiger charge is -2.35. The van der Waals surface area contributed by atoms with Crippen molar-refractivity contribution in [2.24, 2.45) is 4.99 Å². The topological polar surface area (TPSA) is 60.0 Å². The summed E-state index contributed by atoms with van der Waals surface area (Å²) in [6.07, 6.45) is 3.97. The Kier molecular flexibility index (Phi) is 9.20. The molecule has 0 bridgehead atoms. The van der Waals surface area contributed by atoms with Crippen LogP contribution in [0.5, 0.6) is 0 Å². The standard InChI is InChI=1S/C25H33N5O.HI/c1-26-25(28-22-10-6-14-29(19-22)23-11-3-2-4-12-23)27-17-20-8-5-9-21(16-20)18-30-15-7-13-24(30)31;/h2-5,8-9,11-12,16,22H,6-7,10,13-15,17-19H2,1H3,(H2,26,27,28);1H. The molecule has 2 N–H and O–H groups in total. The van der Waals surface area contributed by atoms with E-state index >= 15 is 0 Å². The molecule has 6 nitrogen and oxygen atoms in total. The number of guanidine groups is 1.